The van der Waals surface area contributed by atoms with Gasteiger partial charge in [-0.05, 0) is 38.0 Å². The Balaban J connectivity index is 1.53. The van der Waals surface area contributed by atoms with Gasteiger partial charge < -0.3 is 15.4 Å². The molecule has 0 radical (unpaired) electrons. The highest BCUT2D eigenvalue weighted by molar-refractivity contribution is 7.88. The highest BCUT2D eigenvalue weighted by atomic mass is 32.2. The van der Waals surface area contributed by atoms with Crippen molar-refractivity contribution in [1.82, 2.24) is 14.3 Å². The summed E-state index contributed by atoms with van der Waals surface area (Å²) in [6.45, 7) is 3.93. The summed E-state index contributed by atoms with van der Waals surface area (Å²) in [5, 5.41) is 8.65. The molecule has 0 spiro atoms. The fourth-order valence-electron chi connectivity index (χ4n) is 3.42. The van der Waals surface area contributed by atoms with Crippen LogP contribution in [0.5, 0.6) is 5.75 Å². The summed E-state index contributed by atoms with van der Waals surface area (Å²) in [6, 6.07) is 7.10. The number of ether oxygens (including phenoxy) is 1. The topological polar surface area (TPSA) is 126 Å². The Morgan fingerprint density at radius 2 is 1.87 bits per heavy atom. The highest BCUT2D eigenvalue weighted by Gasteiger charge is 2.40. The maximum atomic E-state index is 11.7. The second-order valence-corrected chi connectivity index (χ2v) is 10.1. The van der Waals surface area contributed by atoms with Crippen molar-refractivity contribution >= 4 is 27.2 Å². The molecule has 2 fully saturated rings. The molecule has 1 saturated carbocycles. The average molecular weight is 431 g/mol. The summed E-state index contributed by atoms with van der Waals surface area (Å²) in [6.07, 6.45) is 4.68. The Kier molecular flexibility index (Phi) is 5.15. The zero-order valence-corrected chi connectivity index (χ0v) is 17.9. The van der Waals surface area contributed by atoms with Crippen LogP contribution in [0.2, 0.25) is 0 Å². The van der Waals surface area contributed by atoms with Gasteiger partial charge in [-0.15, -0.1) is 0 Å². The van der Waals surface area contributed by atoms with E-state index in [-0.39, 0.29) is 11.3 Å². The number of nitrogens with one attached hydrogen (secondary N) is 1. The van der Waals surface area contributed by atoms with Gasteiger partial charge in [0.05, 0.1) is 17.7 Å². The minimum absolute atomic E-state index is 0.119. The maximum absolute atomic E-state index is 11.7. The van der Waals surface area contributed by atoms with E-state index in [1.54, 1.807) is 18.2 Å². The molecule has 160 valence electrons. The van der Waals surface area contributed by atoms with E-state index in [0.29, 0.717) is 54.7 Å². The third-order valence-electron chi connectivity index (χ3n) is 5.55. The molecule has 10 heteroatoms. The molecule has 0 atom stereocenters. The van der Waals surface area contributed by atoms with Crippen molar-refractivity contribution in [1.29, 1.82) is 5.41 Å². The van der Waals surface area contributed by atoms with E-state index in [0.717, 1.165) is 12.8 Å². The zero-order valence-electron chi connectivity index (χ0n) is 17.1. The first kappa shape index (κ1) is 20.5. The van der Waals surface area contributed by atoms with E-state index in [2.05, 4.69) is 16.9 Å². The van der Waals surface area contributed by atoms with E-state index in [1.165, 1.54) is 16.9 Å². The van der Waals surface area contributed by atoms with Crippen LogP contribution in [0, 0.1) is 5.41 Å². The number of aromatic nitrogens is 2. The number of hydrogen-bond donors (Lipinski definition) is 2. The van der Waals surface area contributed by atoms with E-state index >= 15 is 0 Å². The Bertz CT molecular complexity index is 1080. The number of anilines is 2. The van der Waals surface area contributed by atoms with Crippen LogP contribution >= 0.6 is 0 Å². The molecule has 0 bridgehead atoms. The fraction of sp³-hybridized carbons (Fsp3) is 0.450. The summed E-state index contributed by atoms with van der Waals surface area (Å²) in [7, 11) is -3.19. The van der Waals surface area contributed by atoms with Crippen molar-refractivity contribution in [2.24, 2.45) is 0 Å². The number of benzene rings is 1. The van der Waals surface area contributed by atoms with Crippen LogP contribution in [0.1, 0.15) is 31.0 Å². The van der Waals surface area contributed by atoms with Crippen molar-refractivity contribution in [3.8, 4) is 5.75 Å². The lowest BCUT2D eigenvalue weighted by molar-refractivity contribution is 0.200. The van der Waals surface area contributed by atoms with Gasteiger partial charge in [-0.2, -0.15) is 4.31 Å². The minimum atomic E-state index is -3.19. The third kappa shape index (κ3) is 4.39. The van der Waals surface area contributed by atoms with E-state index < -0.39 is 10.0 Å². The summed E-state index contributed by atoms with van der Waals surface area (Å²) < 4.78 is 30.9. The number of piperazine rings is 1. The minimum Gasteiger partial charge on any atom is -0.488 e. The van der Waals surface area contributed by atoms with Gasteiger partial charge in [-0.25, -0.2) is 18.4 Å². The first-order valence-electron chi connectivity index (χ1n) is 9.85. The third-order valence-corrected chi connectivity index (χ3v) is 6.86. The standard InChI is InChI=1S/C20H26N6O3S/c1-20(5-6-20)29-14-3-4-16(21)15(11-14)19(22)17-12-18(24-13-23-17)25-7-9-26(10-8-25)30(2,27)28/h3-4,11-13,22H,5-10,21H2,1-2H3. The van der Waals surface area contributed by atoms with Crippen LogP contribution in [0.15, 0.2) is 30.6 Å². The molecule has 1 saturated heterocycles. The summed E-state index contributed by atoms with van der Waals surface area (Å²) in [5.41, 5.74) is 7.70. The Morgan fingerprint density at radius 1 is 1.17 bits per heavy atom. The predicted molar refractivity (Wildman–Crippen MR) is 116 cm³/mol. The van der Waals surface area contributed by atoms with Gasteiger partial charge in [0.2, 0.25) is 10.0 Å². The molecule has 1 aromatic heterocycles. The molecule has 4 rings (SSSR count). The average Bonchev–Trinajstić information content (AvgIpc) is 3.45. The highest BCUT2D eigenvalue weighted by Crippen LogP contribution is 2.40. The monoisotopic (exact) mass is 430 g/mol. The number of sulfonamides is 1. The van der Waals surface area contributed by atoms with Crippen LogP contribution in [-0.4, -0.2) is 66.4 Å². The summed E-state index contributed by atoms with van der Waals surface area (Å²) >= 11 is 0. The fourth-order valence-corrected chi connectivity index (χ4v) is 4.25. The first-order valence-corrected chi connectivity index (χ1v) is 11.7. The van der Waals surface area contributed by atoms with Gasteiger partial charge in [0.15, 0.2) is 0 Å². The van der Waals surface area contributed by atoms with Crippen molar-refractivity contribution in [3.05, 3.63) is 41.9 Å². The summed E-state index contributed by atoms with van der Waals surface area (Å²) in [5.74, 6) is 1.35. The number of nitrogens with two attached hydrogens (primary N) is 1. The molecule has 0 unspecified atom stereocenters. The molecule has 3 N–H and O–H groups in total. The van der Waals surface area contributed by atoms with Gasteiger partial charge in [-0.1, -0.05) is 0 Å². The molecule has 2 aliphatic rings. The Hall–Kier alpha value is -2.72. The first-order chi connectivity index (χ1) is 14.1. The molecule has 9 nitrogen and oxygen atoms in total. The molecule has 30 heavy (non-hydrogen) atoms. The lowest BCUT2D eigenvalue weighted by Gasteiger charge is -2.34. The second-order valence-electron chi connectivity index (χ2n) is 8.09. The van der Waals surface area contributed by atoms with Crippen LogP contribution in [-0.2, 0) is 10.0 Å². The van der Waals surface area contributed by atoms with Crippen LogP contribution in [0.3, 0.4) is 0 Å². The van der Waals surface area contributed by atoms with Crippen molar-refractivity contribution < 1.29 is 13.2 Å². The van der Waals surface area contributed by atoms with E-state index in [4.69, 9.17) is 15.9 Å². The Labute approximate surface area is 176 Å². The lowest BCUT2D eigenvalue weighted by atomic mass is 10.0. The molecule has 1 aliphatic carbocycles. The van der Waals surface area contributed by atoms with E-state index in [9.17, 15) is 8.42 Å². The normalized spacial score (nSPS) is 18.8. The van der Waals surface area contributed by atoms with Gasteiger partial charge in [0.1, 0.15) is 23.5 Å². The number of nitrogen functional groups attached to an aromatic ring is 1. The Morgan fingerprint density at radius 3 is 2.50 bits per heavy atom. The quantitative estimate of drug-likeness (QED) is 0.525. The molecular weight excluding hydrogens is 404 g/mol. The number of rotatable bonds is 6. The zero-order chi connectivity index (χ0) is 21.5. The largest absolute Gasteiger partial charge is 0.488 e. The SMILES string of the molecule is CC1(Oc2ccc(N)c(C(=N)c3cc(N4CCN(S(C)(=O)=O)CC4)ncn3)c2)CC1. The summed E-state index contributed by atoms with van der Waals surface area (Å²) in [4.78, 5) is 10.6. The van der Waals surface area contributed by atoms with Crippen molar-refractivity contribution in [3.63, 3.8) is 0 Å². The molecular formula is C20H26N6O3S. The molecule has 2 heterocycles. The second kappa shape index (κ2) is 7.51. The van der Waals surface area contributed by atoms with E-state index in [1.807, 2.05) is 11.0 Å². The smallest absolute Gasteiger partial charge is 0.211 e. The lowest BCUT2D eigenvalue weighted by Crippen LogP contribution is -2.48. The van der Waals surface area contributed by atoms with Crippen LogP contribution in [0.25, 0.3) is 0 Å². The molecule has 2 aromatic rings. The van der Waals surface area contributed by atoms with Crippen LogP contribution in [0.4, 0.5) is 11.5 Å². The number of hydrogen-bond acceptors (Lipinski definition) is 8. The number of nitrogens with zero attached hydrogens (tertiary/aromatic N) is 4. The molecule has 0 amide bonds. The van der Waals surface area contributed by atoms with Crippen molar-refractivity contribution in [2.45, 2.75) is 25.4 Å². The molecule has 1 aromatic carbocycles. The van der Waals surface area contributed by atoms with Gasteiger partial charge in [0.25, 0.3) is 0 Å². The van der Waals surface area contributed by atoms with Gasteiger partial charge in [0, 0.05) is 43.5 Å². The van der Waals surface area contributed by atoms with Crippen molar-refractivity contribution in [2.75, 3.05) is 43.1 Å². The maximum Gasteiger partial charge on any atom is 0.211 e. The van der Waals surface area contributed by atoms with Gasteiger partial charge in [-0.3, -0.25) is 5.41 Å². The van der Waals surface area contributed by atoms with Gasteiger partial charge >= 0.3 is 0 Å². The molecule has 1 aliphatic heterocycles. The predicted octanol–water partition coefficient (Wildman–Crippen LogP) is 1.49. The van der Waals surface area contributed by atoms with Crippen LogP contribution < -0.4 is 15.4 Å².